The molecule has 2 N–H and O–H groups in total. The van der Waals surface area contributed by atoms with Gasteiger partial charge in [0.25, 0.3) is 0 Å². The molecule has 0 radical (unpaired) electrons. The van der Waals surface area contributed by atoms with Gasteiger partial charge in [-0.25, -0.2) is 32.2 Å². The van der Waals surface area contributed by atoms with Gasteiger partial charge in [0.1, 0.15) is 4.60 Å². The predicted molar refractivity (Wildman–Crippen MR) is 415 cm³/mol. The minimum absolute atomic E-state index is 0. The minimum atomic E-state index is -1.85. The number of pyridine rings is 2. The van der Waals surface area contributed by atoms with Crippen molar-refractivity contribution in [2.45, 2.75) is 233 Å². The van der Waals surface area contributed by atoms with Gasteiger partial charge < -0.3 is 18.2 Å². The number of hydrogen-bond acceptors (Lipinski definition) is 10. The zero-order valence-corrected chi connectivity index (χ0v) is 67.2. The topological polar surface area (TPSA) is 157 Å². The molecule has 1 fully saturated rings. The summed E-state index contributed by atoms with van der Waals surface area (Å²) in [4.78, 5) is 9.48. The van der Waals surface area contributed by atoms with Crippen molar-refractivity contribution >= 4 is 116 Å². The zero-order chi connectivity index (χ0) is 68.0. The molecule has 22 heteroatoms. The molecule has 1 saturated heterocycles. The van der Waals surface area contributed by atoms with Gasteiger partial charge in [0.15, 0.2) is 16.6 Å². The van der Waals surface area contributed by atoms with Crippen LogP contribution in [0.5, 0.6) is 0 Å². The molecular weight excluding hydrogens is 1350 g/mol. The third-order valence-electron chi connectivity index (χ3n) is 18.1. The van der Waals surface area contributed by atoms with E-state index >= 15 is 0 Å². The molecular formula is C72H108BBrN8O6S4Si2. The summed E-state index contributed by atoms with van der Waals surface area (Å²) in [5.41, 5.74) is 10.4. The van der Waals surface area contributed by atoms with Crippen LogP contribution in [0.15, 0.2) is 138 Å². The van der Waals surface area contributed by atoms with Crippen LogP contribution in [0.3, 0.4) is 0 Å². The number of benzene rings is 4. The van der Waals surface area contributed by atoms with Gasteiger partial charge in [-0.2, -0.15) is 37.2 Å². The summed E-state index contributed by atoms with van der Waals surface area (Å²) in [5, 5.41) is 11.9. The lowest BCUT2D eigenvalue weighted by molar-refractivity contribution is 0.00578. The van der Waals surface area contributed by atoms with Crippen molar-refractivity contribution in [2.24, 2.45) is 0 Å². The third-order valence-corrected chi connectivity index (χ3v) is 30.7. The van der Waals surface area contributed by atoms with Crippen molar-refractivity contribution in [1.29, 1.82) is 0 Å². The number of rotatable bonds is 20. The Bertz CT molecular complexity index is 3820. The highest BCUT2D eigenvalue weighted by Crippen LogP contribution is 2.40. The summed E-state index contributed by atoms with van der Waals surface area (Å²) in [6, 6.07) is 41.4. The van der Waals surface area contributed by atoms with E-state index in [2.05, 4.69) is 230 Å². The van der Waals surface area contributed by atoms with Crippen LogP contribution in [0.2, 0.25) is 36.3 Å². The molecule has 4 atom stereocenters. The first-order valence-electron chi connectivity index (χ1n) is 32.5. The van der Waals surface area contributed by atoms with Gasteiger partial charge in [0, 0.05) is 16.3 Å². The van der Waals surface area contributed by atoms with E-state index in [0.29, 0.717) is 13.2 Å². The van der Waals surface area contributed by atoms with Crippen molar-refractivity contribution in [3.8, 4) is 22.6 Å². The molecule has 94 heavy (non-hydrogen) atoms. The average Bonchev–Trinajstić information content (AvgIpc) is 1.61. The number of nitrogens with zero attached hydrogens (tertiary/aromatic N) is 6. The Morgan fingerprint density at radius 1 is 0.564 bits per heavy atom. The molecule has 0 saturated carbocycles. The second-order valence-electron chi connectivity index (χ2n) is 30.2. The largest absolute Gasteiger partial charge is 0.494 e. The molecule has 14 nitrogen and oxygen atoms in total. The first kappa shape index (κ1) is 80.5. The SMILES string of the molecule is CC1(C)OB(c2ccc3cnn(-c4cccc(CO[Si](C)(C)C(C)(C)C)c4)c3c2)OC1(C)C.CCC[C@H](N[S@](=O)C(C)(C)C)c1cccc(-c2ccc3cnn(-c4cccc(CO[Si](C)(C)C(C)(C)C)c4)c3c2)n1.CCC[C@H](N[S@](=O)C(C)(C)C)c1cccc(Br)n1.S.S. The summed E-state index contributed by atoms with van der Waals surface area (Å²) in [5.74, 6) is 0. The average molecular weight is 1460 g/mol. The van der Waals surface area contributed by atoms with Gasteiger partial charge >= 0.3 is 7.12 Å². The van der Waals surface area contributed by atoms with Crippen LogP contribution in [0.25, 0.3) is 44.4 Å². The molecule has 0 bridgehead atoms. The highest BCUT2D eigenvalue weighted by atomic mass is 79.9. The van der Waals surface area contributed by atoms with E-state index in [9.17, 15) is 8.42 Å². The summed E-state index contributed by atoms with van der Waals surface area (Å²) < 4.78 is 61.2. The van der Waals surface area contributed by atoms with Crippen molar-refractivity contribution in [3.05, 3.63) is 161 Å². The molecule has 4 aromatic carbocycles. The second kappa shape index (κ2) is 32.7. The first-order valence-corrected chi connectivity index (χ1v) is 41.4. The summed E-state index contributed by atoms with van der Waals surface area (Å²) in [6.45, 7) is 48.4. The third kappa shape index (κ3) is 20.7. The summed E-state index contributed by atoms with van der Waals surface area (Å²) in [6.07, 6.45) is 7.58. The van der Waals surface area contributed by atoms with E-state index in [1.165, 1.54) is 0 Å². The Kier molecular flexibility index (Phi) is 28.0. The minimum Gasteiger partial charge on any atom is -0.413 e. The monoisotopic (exact) mass is 1450 g/mol. The molecule has 0 aliphatic carbocycles. The first-order chi connectivity index (χ1) is 42.7. The Balaban J connectivity index is 0.000000271. The van der Waals surface area contributed by atoms with Gasteiger partial charge in [-0.15, -0.1) is 0 Å². The normalized spacial score (nSPS) is 15.6. The highest BCUT2D eigenvalue weighted by Gasteiger charge is 2.52. The highest BCUT2D eigenvalue weighted by molar-refractivity contribution is 9.10. The van der Waals surface area contributed by atoms with Crippen LogP contribution in [-0.4, -0.2) is 82.4 Å². The van der Waals surface area contributed by atoms with E-state index in [1.807, 2.05) is 99.7 Å². The number of halogens is 1. The van der Waals surface area contributed by atoms with Crippen LogP contribution >= 0.6 is 42.9 Å². The van der Waals surface area contributed by atoms with Crippen LogP contribution in [0.1, 0.15) is 185 Å². The molecule has 4 aromatic heterocycles. The van der Waals surface area contributed by atoms with Crippen molar-refractivity contribution < 1.29 is 26.6 Å². The van der Waals surface area contributed by atoms with Gasteiger partial charge in [0.2, 0.25) is 0 Å². The maximum Gasteiger partial charge on any atom is 0.494 e. The maximum atomic E-state index is 12.9. The quantitative estimate of drug-likeness (QED) is 0.0556. The lowest BCUT2D eigenvalue weighted by Gasteiger charge is -2.36. The smallest absolute Gasteiger partial charge is 0.413 e. The Hall–Kier alpha value is -4.14. The van der Waals surface area contributed by atoms with Gasteiger partial charge in [-0.3, -0.25) is 4.98 Å². The van der Waals surface area contributed by atoms with Crippen LogP contribution in [0, 0.1) is 0 Å². The Labute approximate surface area is 593 Å². The van der Waals surface area contributed by atoms with Crippen molar-refractivity contribution in [1.82, 2.24) is 39.0 Å². The fraction of sp³-hybridized carbons (Fsp3) is 0.500. The lowest BCUT2D eigenvalue weighted by atomic mass is 9.79. The van der Waals surface area contributed by atoms with Crippen molar-refractivity contribution in [2.75, 3.05) is 0 Å². The number of aromatic nitrogens is 6. The van der Waals surface area contributed by atoms with Gasteiger partial charge in [-0.05, 0) is 212 Å². The fourth-order valence-electron chi connectivity index (χ4n) is 9.41. The molecule has 0 spiro atoms. The van der Waals surface area contributed by atoms with Crippen LogP contribution in [0.4, 0.5) is 0 Å². The number of fused-ring (bicyclic) bond motifs is 2. The molecule has 1 aliphatic heterocycles. The molecule has 9 rings (SSSR count). The molecule has 0 amide bonds. The molecule has 1 aliphatic rings. The second-order valence-corrected chi connectivity index (χ2v) is 44.7. The number of nitrogens with one attached hydrogen (secondary N) is 2. The molecule has 8 aromatic rings. The summed E-state index contributed by atoms with van der Waals surface area (Å²) in [7, 11) is -6.32. The van der Waals surface area contributed by atoms with Crippen LogP contribution < -0.4 is 14.9 Å². The standard InChI is InChI=1S/C33H46N4O2SSi.C26H37BN2O3Si.C13H21BrN2OS.2H2S/c1-10-13-30(36-40(38)32(2,3)4)29-17-12-16-28(35-29)25-18-19-26-22-34-37(31(26)21-25)27-15-11-14-24(20-27)23-39-41(8,9)33(5,6)7;1-24(2,3)33(8,9)30-18-19-11-10-12-22(15-19)29-23-16-21(14-13-20(23)17-28-29)27-31-25(4,5)26(6,7)32-27;1-5-7-11(16-18(17)13(2,3)4)10-8-6-9-12(14)15-10;;/h11-12,14-22,30,36H,10,13,23H2,1-9H3;10-17H,18H2,1-9H3;6,8-9,11,16H,5,7H2,1-4H3;2*1H2/t30-,40+;;11-,18+;;/m0.0../s1. The molecule has 514 valence electrons. The molecule has 0 unspecified atom stereocenters. The Morgan fingerprint density at radius 2 is 0.979 bits per heavy atom. The summed E-state index contributed by atoms with van der Waals surface area (Å²) >= 11 is 3.37. The van der Waals surface area contributed by atoms with Gasteiger partial charge in [-0.1, -0.05) is 129 Å². The lowest BCUT2D eigenvalue weighted by Crippen LogP contribution is -2.41. The van der Waals surface area contributed by atoms with Gasteiger partial charge in [0.05, 0.1) is 120 Å². The van der Waals surface area contributed by atoms with E-state index in [1.54, 1.807) is 0 Å². The number of hydrogen-bond donors (Lipinski definition) is 2. The predicted octanol–water partition coefficient (Wildman–Crippen LogP) is 18.3. The molecule has 5 heterocycles. The maximum absolute atomic E-state index is 12.9. The van der Waals surface area contributed by atoms with E-state index < -0.39 is 45.7 Å². The van der Waals surface area contributed by atoms with Crippen LogP contribution in [-0.2, 0) is 53.3 Å². The fourth-order valence-corrected chi connectivity index (χ4v) is 13.4. The van der Waals surface area contributed by atoms with E-state index in [0.717, 1.165) is 103 Å². The van der Waals surface area contributed by atoms with Crippen molar-refractivity contribution in [3.63, 3.8) is 0 Å². The van der Waals surface area contributed by atoms with E-state index in [4.69, 9.17) is 28.2 Å². The van der Waals surface area contributed by atoms with E-state index in [-0.39, 0.29) is 69.8 Å². The Morgan fingerprint density at radius 3 is 1.40 bits per heavy atom. The zero-order valence-electron chi connectivity index (χ0n) is 60.0.